The lowest BCUT2D eigenvalue weighted by Crippen LogP contribution is -2.00. The molecule has 3 aromatic rings. The van der Waals surface area contributed by atoms with Crippen molar-refractivity contribution in [2.45, 2.75) is 32.3 Å². The highest BCUT2D eigenvalue weighted by Gasteiger charge is 2.08. The summed E-state index contributed by atoms with van der Waals surface area (Å²) in [6.07, 6.45) is 1.60. The number of benzene rings is 3. The first-order valence-electron chi connectivity index (χ1n) is 9.07. The van der Waals surface area contributed by atoms with E-state index in [4.69, 9.17) is 9.84 Å². The summed E-state index contributed by atoms with van der Waals surface area (Å²) < 4.78 is 5.85. The molecule has 0 aromatic heterocycles. The number of unbranched alkanes of at least 4 members (excludes halogenated alkanes) is 1. The van der Waals surface area contributed by atoms with Crippen LogP contribution < -0.4 is 4.74 Å². The van der Waals surface area contributed by atoms with Crippen LogP contribution in [-0.4, -0.2) is 16.9 Å². The average Bonchev–Trinajstić information content (AvgIpc) is 2.69. The molecule has 0 heterocycles. The number of ketones is 1. The van der Waals surface area contributed by atoms with Gasteiger partial charge in [0.25, 0.3) is 0 Å². The number of hydrogen-bond acceptors (Lipinski definition) is 3. The van der Waals surface area contributed by atoms with E-state index in [0.29, 0.717) is 31.4 Å². The van der Waals surface area contributed by atoms with Crippen LogP contribution in [0.2, 0.25) is 0 Å². The molecule has 0 aliphatic carbocycles. The molecule has 4 heteroatoms. The molecule has 0 atom stereocenters. The van der Waals surface area contributed by atoms with Crippen molar-refractivity contribution in [1.29, 1.82) is 0 Å². The number of aliphatic carboxylic acids is 1. The van der Waals surface area contributed by atoms with Crippen molar-refractivity contribution in [3.05, 3.63) is 77.9 Å². The van der Waals surface area contributed by atoms with Gasteiger partial charge in [-0.25, -0.2) is 0 Å². The van der Waals surface area contributed by atoms with Gasteiger partial charge in [0.05, 0.1) is 0 Å². The van der Waals surface area contributed by atoms with E-state index in [-0.39, 0.29) is 12.2 Å². The van der Waals surface area contributed by atoms with Gasteiger partial charge in [-0.3, -0.25) is 9.59 Å². The largest absolute Gasteiger partial charge is 0.489 e. The van der Waals surface area contributed by atoms with Gasteiger partial charge in [0.1, 0.15) is 12.4 Å². The van der Waals surface area contributed by atoms with E-state index in [9.17, 15) is 9.59 Å². The Morgan fingerprint density at radius 2 is 1.52 bits per heavy atom. The second kappa shape index (κ2) is 8.99. The van der Waals surface area contributed by atoms with Crippen LogP contribution in [0.15, 0.2) is 66.7 Å². The molecule has 0 unspecified atom stereocenters. The number of carbonyl (C=O) groups excluding carboxylic acids is 1. The third kappa shape index (κ3) is 5.42. The number of carboxylic acids is 1. The van der Waals surface area contributed by atoms with Crippen LogP contribution in [0.5, 0.6) is 5.75 Å². The fourth-order valence-corrected chi connectivity index (χ4v) is 2.93. The maximum absolute atomic E-state index is 12.3. The first kappa shape index (κ1) is 18.6. The fourth-order valence-electron chi connectivity index (χ4n) is 2.93. The molecule has 0 saturated carbocycles. The summed E-state index contributed by atoms with van der Waals surface area (Å²) in [4.78, 5) is 22.8. The second-order valence-corrected chi connectivity index (χ2v) is 6.52. The summed E-state index contributed by atoms with van der Waals surface area (Å²) in [7, 11) is 0. The molecule has 4 nitrogen and oxygen atoms in total. The summed E-state index contributed by atoms with van der Waals surface area (Å²) in [6.45, 7) is 0.513. The van der Waals surface area contributed by atoms with E-state index in [2.05, 4.69) is 0 Å². The molecular formula is C23H22O4. The minimum atomic E-state index is -0.821. The van der Waals surface area contributed by atoms with Crippen molar-refractivity contribution in [2.75, 3.05) is 0 Å². The van der Waals surface area contributed by atoms with Crippen molar-refractivity contribution in [2.24, 2.45) is 0 Å². The standard InChI is InChI=1S/C23H22O4/c24-22(8-4-5-9-23(25)26)20-11-10-19-15-21(13-12-18(19)14-20)27-16-17-6-2-1-3-7-17/h1-3,6-7,10-15H,4-5,8-9,16H2,(H,25,26). The van der Waals surface area contributed by atoms with Gasteiger partial charge >= 0.3 is 5.97 Å². The van der Waals surface area contributed by atoms with Crippen LogP contribution in [-0.2, 0) is 11.4 Å². The predicted molar refractivity (Wildman–Crippen MR) is 105 cm³/mol. The Morgan fingerprint density at radius 3 is 2.30 bits per heavy atom. The van der Waals surface area contributed by atoms with Crippen molar-refractivity contribution < 1.29 is 19.4 Å². The SMILES string of the molecule is O=C(O)CCCCC(=O)c1ccc2cc(OCc3ccccc3)ccc2c1. The lowest BCUT2D eigenvalue weighted by molar-refractivity contribution is -0.137. The molecule has 138 valence electrons. The van der Waals surface area contributed by atoms with Crippen LogP contribution in [0.4, 0.5) is 0 Å². The molecule has 0 spiro atoms. The van der Waals surface area contributed by atoms with Gasteiger partial charge in [-0.15, -0.1) is 0 Å². The third-order valence-corrected chi connectivity index (χ3v) is 4.43. The lowest BCUT2D eigenvalue weighted by atomic mass is 10.0. The molecule has 3 rings (SSSR count). The number of Topliss-reactive ketones (excluding diaryl/α,β-unsaturated/α-hetero) is 1. The maximum atomic E-state index is 12.3. The predicted octanol–water partition coefficient (Wildman–Crippen LogP) is 5.25. The highest BCUT2D eigenvalue weighted by molar-refractivity contribution is 6.00. The Morgan fingerprint density at radius 1 is 0.815 bits per heavy atom. The molecule has 0 amide bonds. The molecule has 0 radical (unpaired) electrons. The molecule has 1 N–H and O–H groups in total. The highest BCUT2D eigenvalue weighted by Crippen LogP contribution is 2.23. The molecule has 0 fully saturated rings. The van der Waals surface area contributed by atoms with Crippen molar-refractivity contribution in [3.63, 3.8) is 0 Å². The number of fused-ring (bicyclic) bond motifs is 1. The summed E-state index contributed by atoms with van der Waals surface area (Å²) in [6, 6.07) is 21.5. The summed E-state index contributed by atoms with van der Waals surface area (Å²) in [5.74, 6) is 0.0178. The minimum absolute atomic E-state index is 0.0479. The number of rotatable bonds is 9. The molecule has 0 aliphatic rings. The van der Waals surface area contributed by atoms with Crippen molar-refractivity contribution in [3.8, 4) is 5.75 Å². The van der Waals surface area contributed by atoms with Gasteiger partial charge in [0, 0.05) is 18.4 Å². The average molecular weight is 362 g/mol. The lowest BCUT2D eigenvalue weighted by Gasteiger charge is -2.08. The topological polar surface area (TPSA) is 63.6 Å². The van der Waals surface area contributed by atoms with Crippen LogP contribution in [0.1, 0.15) is 41.6 Å². The summed E-state index contributed by atoms with van der Waals surface area (Å²) in [5.41, 5.74) is 1.78. The van der Waals surface area contributed by atoms with E-state index in [0.717, 1.165) is 22.1 Å². The Kier molecular flexibility index (Phi) is 6.21. The Bertz CT molecular complexity index is 932. The minimum Gasteiger partial charge on any atom is -0.489 e. The van der Waals surface area contributed by atoms with Crippen molar-refractivity contribution in [1.82, 2.24) is 0 Å². The number of hydrogen-bond donors (Lipinski definition) is 1. The first-order valence-corrected chi connectivity index (χ1v) is 9.07. The summed E-state index contributed by atoms with van der Waals surface area (Å²) in [5, 5.41) is 10.6. The molecule has 0 aliphatic heterocycles. The number of carbonyl (C=O) groups is 2. The molecular weight excluding hydrogens is 340 g/mol. The Labute approximate surface area is 158 Å². The molecule has 3 aromatic carbocycles. The highest BCUT2D eigenvalue weighted by atomic mass is 16.5. The monoisotopic (exact) mass is 362 g/mol. The van der Waals surface area contributed by atoms with Gasteiger partial charge in [0.2, 0.25) is 0 Å². The van der Waals surface area contributed by atoms with Crippen LogP contribution >= 0.6 is 0 Å². The van der Waals surface area contributed by atoms with Gasteiger partial charge in [-0.05, 0) is 47.4 Å². The Balaban J connectivity index is 1.62. The zero-order valence-corrected chi connectivity index (χ0v) is 15.1. The smallest absolute Gasteiger partial charge is 0.303 e. The number of carboxylic acid groups (broad SMARTS) is 1. The van der Waals surface area contributed by atoms with Gasteiger partial charge in [-0.1, -0.05) is 48.5 Å². The van der Waals surface area contributed by atoms with Crippen molar-refractivity contribution >= 4 is 22.5 Å². The quantitative estimate of drug-likeness (QED) is 0.417. The number of ether oxygens (including phenoxy) is 1. The molecule has 0 bridgehead atoms. The maximum Gasteiger partial charge on any atom is 0.303 e. The molecule has 0 saturated heterocycles. The van der Waals surface area contributed by atoms with Crippen LogP contribution in [0.3, 0.4) is 0 Å². The van der Waals surface area contributed by atoms with Crippen LogP contribution in [0, 0.1) is 0 Å². The third-order valence-electron chi connectivity index (χ3n) is 4.43. The second-order valence-electron chi connectivity index (χ2n) is 6.52. The zero-order valence-electron chi connectivity index (χ0n) is 15.1. The molecule has 27 heavy (non-hydrogen) atoms. The van der Waals surface area contributed by atoms with E-state index in [1.165, 1.54) is 0 Å². The van der Waals surface area contributed by atoms with E-state index in [1.54, 1.807) is 0 Å². The van der Waals surface area contributed by atoms with E-state index in [1.807, 2.05) is 66.7 Å². The van der Waals surface area contributed by atoms with E-state index < -0.39 is 5.97 Å². The fraction of sp³-hybridized carbons (Fsp3) is 0.217. The van der Waals surface area contributed by atoms with E-state index >= 15 is 0 Å². The van der Waals surface area contributed by atoms with Gasteiger partial charge < -0.3 is 9.84 Å². The Hall–Kier alpha value is -3.14. The first-order chi connectivity index (χ1) is 13.1. The normalized spacial score (nSPS) is 10.7. The van der Waals surface area contributed by atoms with Crippen LogP contribution in [0.25, 0.3) is 10.8 Å². The summed E-state index contributed by atoms with van der Waals surface area (Å²) >= 11 is 0. The zero-order chi connectivity index (χ0) is 19.1. The van der Waals surface area contributed by atoms with Gasteiger partial charge in [0.15, 0.2) is 5.78 Å². The van der Waals surface area contributed by atoms with Gasteiger partial charge in [-0.2, -0.15) is 0 Å².